The van der Waals surface area contributed by atoms with E-state index in [1.165, 1.54) is 0 Å². The largest absolute Gasteiger partial charge is 0.455 e. The average molecular weight is 289 g/mol. The zero-order valence-corrected chi connectivity index (χ0v) is 12.0. The van der Waals surface area contributed by atoms with Crippen molar-refractivity contribution in [1.29, 1.82) is 5.26 Å². The maximum absolute atomic E-state index is 9.42. The quantitative estimate of drug-likeness (QED) is 0.691. The summed E-state index contributed by atoms with van der Waals surface area (Å²) in [6, 6.07) is 20.5. The maximum Gasteiger partial charge on any atom is 0.150 e. The van der Waals surface area contributed by atoms with Crippen molar-refractivity contribution in [3.63, 3.8) is 0 Å². The highest BCUT2D eigenvalue weighted by Crippen LogP contribution is 2.29. The lowest BCUT2D eigenvalue weighted by Gasteiger charge is -2.09. The van der Waals surface area contributed by atoms with Gasteiger partial charge in [0.25, 0.3) is 0 Å². The molecule has 0 N–H and O–H groups in total. The third-order valence-electron chi connectivity index (χ3n) is 3.64. The van der Waals surface area contributed by atoms with E-state index in [-0.39, 0.29) is 0 Å². The Morgan fingerprint density at radius 3 is 2.57 bits per heavy atom. The van der Waals surface area contributed by atoms with E-state index in [0.717, 1.165) is 37.6 Å². The minimum atomic E-state index is 0.692. The standard InChI is InChI=1S/C18H11NOS/c19-10-13-11-21-18(12-6-2-1-3-7-12)17-16(13)14-8-4-5-9-15(14)20-17/h1-9H,11H2. The number of thioether (sulfide) groups is 1. The van der Waals surface area contributed by atoms with Gasteiger partial charge in [-0.05, 0) is 11.6 Å². The van der Waals surface area contributed by atoms with Crippen molar-refractivity contribution in [2.75, 3.05) is 5.75 Å². The van der Waals surface area contributed by atoms with Crippen LogP contribution in [0.5, 0.6) is 0 Å². The van der Waals surface area contributed by atoms with E-state index in [2.05, 4.69) is 18.2 Å². The SMILES string of the molecule is N#CC1=c2c(oc3ccccc23)=C(c2ccccc2)SC1. The molecule has 0 bridgehead atoms. The summed E-state index contributed by atoms with van der Waals surface area (Å²) in [5, 5.41) is 11.4. The fraction of sp³-hybridized carbons (Fsp3) is 0.0556. The molecule has 0 saturated heterocycles. The molecule has 2 nitrogen and oxygen atoms in total. The first-order chi connectivity index (χ1) is 10.4. The zero-order valence-electron chi connectivity index (χ0n) is 11.2. The molecule has 0 atom stereocenters. The van der Waals surface area contributed by atoms with Gasteiger partial charge in [-0.2, -0.15) is 5.26 Å². The summed E-state index contributed by atoms with van der Waals surface area (Å²) < 4.78 is 6.06. The molecule has 3 heteroatoms. The number of nitrogens with zero attached hydrogens (tertiary/aromatic N) is 1. The number of benzene rings is 2. The minimum absolute atomic E-state index is 0.692. The number of nitriles is 1. The van der Waals surface area contributed by atoms with Crippen molar-refractivity contribution < 1.29 is 4.42 Å². The van der Waals surface area contributed by atoms with Crippen LogP contribution in [-0.4, -0.2) is 5.75 Å². The summed E-state index contributed by atoms with van der Waals surface area (Å²) in [7, 11) is 0. The molecule has 1 aromatic heterocycles. The monoisotopic (exact) mass is 289 g/mol. The predicted molar refractivity (Wildman–Crippen MR) is 85.9 cm³/mol. The van der Waals surface area contributed by atoms with Crippen LogP contribution >= 0.6 is 11.8 Å². The second-order valence-electron chi connectivity index (χ2n) is 4.88. The second kappa shape index (κ2) is 4.83. The molecule has 0 saturated carbocycles. The summed E-state index contributed by atoms with van der Waals surface area (Å²) in [6.07, 6.45) is 0. The van der Waals surface area contributed by atoms with Gasteiger partial charge >= 0.3 is 0 Å². The first kappa shape index (κ1) is 12.3. The molecular weight excluding hydrogens is 278 g/mol. The molecule has 0 aliphatic carbocycles. The second-order valence-corrected chi connectivity index (χ2v) is 5.86. The number of hydrogen-bond donors (Lipinski definition) is 0. The van der Waals surface area contributed by atoms with Crippen molar-refractivity contribution in [3.05, 3.63) is 70.8 Å². The van der Waals surface area contributed by atoms with Crippen LogP contribution in [0.3, 0.4) is 0 Å². The van der Waals surface area contributed by atoms with Gasteiger partial charge in [0, 0.05) is 16.4 Å². The maximum atomic E-state index is 9.42. The Balaban J connectivity index is 2.22. The molecule has 0 spiro atoms. The first-order valence-electron chi connectivity index (χ1n) is 6.72. The summed E-state index contributed by atoms with van der Waals surface area (Å²) in [6.45, 7) is 0. The van der Waals surface area contributed by atoms with E-state index >= 15 is 0 Å². The van der Waals surface area contributed by atoms with E-state index in [9.17, 15) is 5.26 Å². The van der Waals surface area contributed by atoms with Crippen LogP contribution in [-0.2, 0) is 0 Å². The molecule has 2 aromatic carbocycles. The van der Waals surface area contributed by atoms with Crippen molar-refractivity contribution in [3.8, 4) is 6.07 Å². The molecule has 0 radical (unpaired) electrons. The fourth-order valence-electron chi connectivity index (χ4n) is 2.68. The van der Waals surface area contributed by atoms with E-state index < -0.39 is 0 Å². The molecule has 1 aliphatic heterocycles. The van der Waals surface area contributed by atoms with Crippen LogP contribution in [0.2, 0.25) is 0 Å². The normalized spacial score (nSPS) is 14.0. The van der Waals surface area contributed by atoms with Gasteiger partial charge in [0.15, 0.2) is 5.42 Å². The Kier molecular flexibility index (Phi) is 2.83. The molecule has 0 fully saturated rings. The van der Waals surface area contributed by atoms with Crippen molar-refractivity contribution in [2.45, 2.75) is 0 Å². The van der Waals surface area contributed by atoms with E-state index in [1.54, 1.807) is 11.8 Å². The lowest BCUT2D eigenvalue weighted by Crippen LogP contribution is -2.29. The van der Waals surface area contributed by atoms with E-state index in [4.69, 9.17) is 4.42 Å². The molecular formula is C18H11NOS. The molecule has 0 amide bonds. The highest BCUT2D eigenvalue weighted by molar-refractivity contribution is 8.08. The highest BCUT2D eigenvalue weighted by atomic mass is 32.2. The van der Waals surface area contributed by atoms with Gasteiger partial charge < -0.3 is 4.42 Å². The van der Waals surface area contributed by atoms with Crippen molar-refractivity contribution in [1.82, 2.24) is 0 Å². The molecule has 21 heavy (non-hydrogen) atoms. The van der Waals surface area contributed by atoms with Gasteiger partial charge in [0.2, 0.25) is 0 Å². The number of hydrogen-bond acceptors (Lipinski definition) is 3. The summed E-state index contributed by atoms with van der Waals surface area (Å²) in [4.78, 5) is 1.11. The van der Waals surface area contributed by atoms with E-state index in [1.807, 2.05) is 42.5 Å². The number of furan rings is 1. The third kappa shape index (κ3) is 1.88. The molecule has 4 rings (SSSR count). The summed E-state index contributed by atoms with van der Waals surface area (Å²) in [5.41, 5.74) is 3.60. The predicted octanol–water partition coefficient (Wildman–Crippen LogP) is 3.01. The van der Waals surface area contributed by atoms with Gasteiger partial charge in [-0.3, -0.25) is 0 Å². The summed E-state index contributed by atoms with van der Waals surface area (Å²) in [5.74, 6) is 0.692. The summed E-state index contributed by atoms with van der Waals surface area (Å²) >= 11 is 1.67. The zero-order chi connectivity index (χ0) is 14.2. The van der Waals surface area contributed by atoms with Gasteiger partial charge in [-0.25, -0.2) is 0 Å². The Labute approximate surface area is 126 Å². The molecule has 3 aromatic rings. The molecule has 100 valence electrons. The van der Waals surface area contributed by atoms with Crippen LogP contribution in [0.15, 0.2) is 59.0 Å². The Morgan fingerprint density at radius 2 is 1.76 bits per heavy atom. The van der Waals surface area contributed by atoms with Crippen LogP contribution in [0.4, 0.5) is 0 Å². The van der Waals surface area contributed by atoms with Gasteiger partial charge in [0.05, 0.1) is 16.5 Å². The minimum Gasteiger partial charge on any atom is -0.455 e. The molecule has 2 heterocycles. The van der Waals surface area contributed by atoms with Crippen LogP contribution in [0.1, 0.15) is 5.56 Å². The number of para-hydroxylation sites is 1. The van der Waals surface area contributed by atoms with Crippen LogP contribution in [0.25, 0.3) is 21.4 Å². The van der Waals surface area contributed by atoms with Gasteiger partial charge in [-0.15, -0.1) is 11.8 Å². The van der Waals surface area contributed by atoms with Gasteiger partial charge in [0.1, 0.15) is 5.58 Å². The first-order valence-corrected chi connectivity index (χ1v) is 7.70. The average Bonchev–Trinajstić information content (AvgIpc) is 2.94. The molecule has 1 aliphatic rings. The number of rotatable bonds is 1. The van der Waals surface area contributed by atoms with Crippen molar-refractivity contribution in [2.24, 2.45) is 0 Å². The molecule has 0 unspecified atom stereocenters. The smallest absolute Gasteiger partial charge is 0.150 e. The van der Waals surface area contributed by atoms with E-state index in [0.29, 0.717) is 5.75 Å². The Morgan fingerprint density at radius 1 is 1.00 bits per heavy atom. The third-order valence-corrected chi connectivity index (χ3v) is 4.78. The lowest BCUT2D eigenvalue weighted by atomic mass is 10.1. The fourth-order valence-corrected chi connectivity index (χ4v) is 3.75. The van der Waals surface area contributed by atoms with Crippen LogP contribution < -0.4 is 10.6 Å². The lowest BCUT2D eigenvalue weighted by molar-refractivity contribution is 0.574. The topological polar surface area (TPSA) is 36.9 Å². The Bertz CT molecular complexity index is 993. The Hall–Kier alpha value is -2.44. The van der Waals surface area contributed by atoms with Crippen LogP contribution in [0, 0.1) is 11.3 Å². The van der Waals surface area contributed by atoms with Gasteiger partial charge in [-0.1, -0.05) is 48.5 Å². The van der Waals surface area contributed by atoms with Crippen molar-refractivity contribution >= 4 is 33.2 Å². The highest BCUT2D eigenvalue weighted by Gasteiger charge is 2.18. The number of fused-ring (bicyclic) bond motifs is 3.